The molecule has 0 saturated heterocycles. The van der Waals surface area contributed by atoms with E-state index in [2.05, 4.69) is 15.7 Å². The first-order valence-corrected chi connectivity index (χ1v) is 8.33. The Labute approximate surface area is 151 Å². The molecule has 0 radical (unpaired) electrons. The SMILES string of the molecule is Cc1ccccc1C(=O)NCC(=O)NCc1cnn(-c2ccccc2)c1. The summed E-state index contributed by atoms with van der Waals surface area (Å²) in [4.78, 5) is 24.1. The zero-order valence-electron chi connectivity index (χ0n) is 14.5. The van der Waals surface area contributed by atoms with E-state index in [1.165, 1.54) is 0 Å². The second kappa shape index (κ2) is 8.11. The van der Waals surface area contributed by atoms with Gasteiger partial charge in [-0.05, 0) is 30.7 Å². The zero-order chi connectivity index (χ0) is 18.4. The molecule has 2 N–H and O–H groups in total. The van der Waals surface area contributed by atoms with Crippen molar-refractivity contribution >= 4 is 11.8 Å². The van der Waals surface area contributed by atoms with Gasteiger partial charge in [0.1, 0.15) is 0 Å². The van der Waals surface area contributed by atoms with Gasteiger partial charge in [-0.15, -0.1) is 0 Å². The van der Waals surface area contributed by atoms with Crippen LogP contribution in [0.3, 0.4) is 0 Å². The summed E-state index contributed by atoms with van der Waals surface area (Å²) in [6.45, 7) is 2.14. The molecule has 0 aliphatic rings. The normalized spacial score (nSPS) is 10.3. The summed E-state index contributed by atoms with van der Waals surface area (Å²) in [7, 11) is 0. The van der Waals surface area contributed by atoms with E-state index in [1.54, 1.807) is 23.0 Å². The van der Waals surface area contributed by atoms with E-state index in [0.29, 0.717) is 12.1 Å². The van der Waals surface area contributed by atoms with E-state index in [0.717, 1.165) is 16.8 Å². The van der Waals surface area contributed by atoms with Crippen LogP contribution in [-0.4, -0.2) is 28.1 Å². The maximum absolute atomic E-state index is 12.1. The largest absolute Gasteiger partial charge is 0.350 e. The fourth-order valence-electron chi connectivity index (χ4n) is 2.52. The van der Waals surface area contributed by atoms with Gasteiger partial charge in [0.05, 0.1) is 18.4 Å². The van der Waals surface area contributed by atoms with E-state index >= 15 is 0 Å². The molecule has 0 fully saturated rings. The molecule has 6 nitrogen and oxygen atoms in total. The van der Waals surface area contributed by atoms with Crippen molar-refractivity contribution in [2.45, 2.75) is 13.5 Å². The van der Waals surface area contributed by atoms with Crippen molar-refractivity contribution in [3.63, 3.8) is 0 Å². The van der Waals surface area contributed by atoms with Crippen molar-refractivity contribution in [2.24, 2.45) is 0 Å². The molecule has 1 heterocycles. The molecule has 3 rings (SSSR count). The Morgan fingerprint density at radius 1 is 1.00 bits per heavy atom. The smallest absolute Gasteiger partial charge is 0.251 e. The van der Waals surface area contributed by atoms with Crippen molar-refractivity contribution in [1.82, 2.24) is 20.4 Å². The average molecular weight is 348 g/mol. The molecule has 3 aromatic rings. The van der Waals surface area contributed by atoms with Gasteiger partial charge in [-0.3, -0.25) is 9.59 Å². The third-order valence-corrected chi connectivity index (χ3v) is 3.95. The standard InChI is InChI=1S/C20H20N4O2/c1-15-7-5-6-10-18(15)20(26)22-13-19(25)21-11-16-12-23-24(14-16)17-8-3-2-4-9-17/h2-10,12,14H,11,13H2,1H3,(H,21,25)(H,22,26). The minimum absolute atomic E-state index is 0.0695. The lowest BCUT2D eigenvalue weighted by Gasteiger charge is -2.08. The minimum Gasteiger partial charge on any atom is -0.350 e. The lowest BCUT2D eigenvalue weighted by Crippen LogP contribution is -2.36. The van der Waals surface area contributed by atoms with Crippen LogP contribution in [0.25, 0.3) is 5.69 Å². The van der Waals surface area contributed by atoms with E-state index in [4.69, 9.17) is 0 Å². The van der Waals surface area contributed by atoms with Crippen LogP contribution in [0.4, 0.5) is 0 Å². The number of nitrogens with zero attached hydrogens (tertiary/aromatic N) is 2. The first kappa shape index (κ1) is 17.4. The highest BCUT2D eigenvalue weighted by Gasteiger charge is 2.10. The quantitative estimate of drug-likeness (QED) is 0.717. The van der Waals surface area contributed by atoms with Crippen LogP contribution in [0.1, 0.15) is 21.5 Å². The lowest BCUT2D eigenvalue weighted by molar-refractivity contribution is -0.120. The molecule has 0 unspecified atom stereocenters. The zero-order valence-corrected chi connectivity index (χ0v) is 14.5. The molecular formula is C20H20N4O2. The van der Waals surface area contributed by atoms with Crippen molar-refractivity contribution in [3.8, 4) is 5.69 Å². The van der Waals surface area contributed by atoms with Gasteiger partial charge in [0.2, 0.25) is 5.91 Å². The summed E-state index contributed by atoms with van der Waals surface area (Å²) in [6.07, 6.45) is 3.57. The maximum Gasteiger partial charge on any atom is 0.251 e. The Kier molecular flexibility index (Phi) is 5.43. The number of rotatable bonds is 6. The molecule has 0 aliphatic heterocycles. The molecule has 0 saturated carbocycles. The molecule has 0 atom stereocenters. The Hall–Kier alpha value is -3.41. The second-order valence-electron chi connectivity index (χ2n) is 5.90. The summed E-state index contributed by atoms with van der Waals surface area (Å²) in [6, 6.07) is 17.0. The Bertz CT molecular complexity index is 903. The average Bonchev–Trinajstić information content (AvgIpc) is 3.14. The van der Waals surface area contributed by atoms with Crippen LogP contribution in [0, 0.1) is 6.92 Å². The van der Waals surface area contributed by atoms with Gasteiger partial charge in [0, 0.05) is 23.9 Å². The molecule has 1 aromatic heterocycles. The maximum atomic E-state index is 12.1. The predicted octanol–water partition coefficient (Wildman–Crippen LogP) is 2.23. The van der Waals surface area contributed by atoms with Crippen LogP contribution in [0.2, 0.25) is 0 Å². The fourth-order valence-corrected chi connectivity index (χ4v) is 2.52. The number of aromatic nitrogens is 2. The lowest BCUT2D eigenvalue weighted by atomic mass is 10.1. The predicted molar refractivity (Wildman–Crippen MR) is 98.9 cm³/mol. The number of benzene rings is 2. The highest BCUT2D eigenvalue weighted by molar-refractivity contribution is 5.97. The monoisotopic (exact) mass is 348 g/mol. The number of para-hydroxylation sites is 1. The number of carbonyl (C=O) groups is 2. The second-order valence-corrected chi connectivity index (χ2v) is 5.90. The van der Waals surface area contributed by atoms with Crippen molar-refractivity contribution < 1.29 is 9.59 Å². The summed E-state index contributed by atoms with van der Waals surface area (Å²) in [5.41, 5.74) is 3.28. The molecule has 132 valence electrons. The Morgan fingerprint density at radius 2 is 1.73 bits per heavy atom. The van der Waals surface area contributed by atoms with Crippen molar-refractivity contribution in [2.75, 3.05) is 6.54 Å². The van der Waals surface area contributed by atoms with Crippen molar-refractivity contribution in [3.05, 3.63) is 83.7 Å². The molecular weight excluding hydrogens is 328 g/mol. The van der Waals surface area contributed by atoms with Gasteiger partial charge < -0.3 is 10.6 Å². The first-order chi connectivity index (χ1) is 12.6. The highest BCUT2D eigenvalue weighted by atomic mass is 16.2. The summed E-state index contributed by atoms with van der Waals surface area (Å²) in [5.74, 6) is -0.505. The molecule has 6 heteroatoms. The number of amides is 2. The van der Waals surface area contributed by atoms with Gasteiger partial charge in [0.15, 0.2) is 0 Å². The number of carbonyl (C=O) groups excluding carboxylic acids is 2. The van der Waals surface area contributed by atoms with Crippen molar-refractivity contribution in [1.29, 1.82) is 0 Å². The third-order valence-electron chi connectivity index (χ3n) is 3.95. The van der Waals surface area contributed by atoms with E-state index in [1.807, 2.05) is 55.6 Å². The number of hydrogen-bond donors (Lipinski definition) is 2. The third kappa shape index (κ3) is 4.36. The number of hydrogen-bond acceptors (Lipinski definition) is 3. The molecule has 2 aromatic carbocycles. The van der Waals surface area contributed by atoms with Crippen LogP contribution in [0.15, 0.2) is 67.0 Å². The van der Waals surface area contributed by atoms with Gasteiger partial charge in [-0.2, -0.15) is 5.10 Å². The summed E-state index contributed by atoms with van der Waals surface area (Å²) < 4.78 is 1.75. The molecule has 2 amide bonds. The van der Waals surface area contributed by atoms with Gasteiger partial charge >= 0.3 is 0 Å². The molecule has 0 bridgehead atoms. The van der Waals surface area contributed by atoms with E-state index < -0.39 is 0 Å². The minimum atomic E-state index is -0.254. The topological polar surface area (TPSA) is 76.0 Å². The van der Waals surface area contributed by atoms with Gasteiger partial charge in [-0.25, -0.2) is 4.68 Å². The van der Waals surface area contributed by atoms with E-state index in [-0.39, 0.29) is 18.4 Å². The fraction of sp³-hybridized carbons (Fsp3) is 0.150. The Balaban J connectivity index is 1.48. The first-order valence-electron chi connectivity index (χ1n) is 8.33. The van der Waals surface area contributed by atoms with Crippen LogP contribution >= 0.6 is 0 Å². The Morgan fingerprint density at radius 3 is 2.50 bits per heavy atom. The summed E-state index contributed by atoms with van der Waals surface area (Å²) in [5, 5.41) is 9.70. The molecule has 0 spiro atoms. The molecule has 26 heavy (non-hydrogen) atoms. The highest BCUT2D eigenvalue weighted by Crippen LogP contribution is 2.08. The van der Waals surface area contributed by atoms with Crippen LogP contribution in [-0.2, 0) is 11.3 Å². The van der Waals surface area contributed by atoms with Gasteiger partial charge in [-0.1, -0.05) is 36.4 Å². The van der Waals surface area contributed by atoms with Crippen LogP contribution in [0.5, 0.6) is 0 Å². The summed E-state index contributed by atoms with van der Waals surface area (Å²) >= 11 is 0. The van der Waals surface area contributed by atoms with Gasteiger partial charge in [0.25, 0.3) is 5.91 Å². The number of nitrogens with one attached hydrogen (secondary N) is 2. The number of aryl methyl sites for hydroxylation is 1. The van der Waals surface area contributed by atoms with Crippen LogP contribution < -0.4 is 10.6 Å². The molecule has 0 aliphatic carbocycles. The van der Waals surface area contributed by atoms with E-state index in [9.17, 15) is 9.59 Å².